The van der Waals surface area contributed by atoms with Gasteiger partial charge in [-0.25, -0.2) is 4.79 Å². The quantitative estimate of drug-likeness (QED) is 0.541. The summed E-state index contributed by atoms with van der Waals surface area (Å²) in [6.45, 7) is 2.02. The smallest absolute Gasteiger partial charge is 0.336 e. The molecule has 0 saturated heterocycles. The van der Waals surface area contributed by atoms with Gasteiger partial charge in [0.15, 0.2) is 5.78 Å². The Balaban J connectivity index is 1.90. The molecule has 0 atom stereocenters. The van der Waals surface area contributed by atoms with Gasteiger partial charge in [-0.05, 0) is 43.3 Å². The van der Waals surface area contributed by atoms with Gasteiger partial charge in [-0.15, -0.1) is 0 Å². The average molecular weight is 329 g/mol. The molecule has 4 rings (SSSR count). The Hall–Kier alpha value is -3.40. The Kier molecular flexibility index (Phi) is 3.39. The molecule has 122 valence electrons. The highest BCUT2D eigenvalue weighted by Gasteiger charge is 2.18. The molecule has 1 aromatic heterocycles. The molecule has 0 amide bonds. The number of H-pyrrole nitrogens is 1. The minimum atomic E-state index is -1.10. The predicted octanol–water partition coefficient (Wildman–Crippen LogP) is 4.56. The molecule has 0 radical (unpaired) electrons. The first-order chi connectivity index (χ1) is 12.0. The van der Waals surface area contributed by atoms with Crippen LogP contribution in [-0.2, 0) is 0 Å². The first-order valence-electron chi connectivity index (χ1n) is 7.94. The second kappa shape index (κ2) is 5.60. The zero-order valence-electron chi connectivity index (χ0n) is 13.5. The van der Waals surface area contributed by atoms with Gasteiger partial charge < -0.3 is 10.1 Å². The van der Waals surface area contributed by atoms with E-state index >= 15 is 0 Å². The van der Waals surface area contributed by atoms with Crippen LogP contribution in [0.5, 0.6) is 0 Å². The largest absolute Gasteiger partial charge is 0.478 e. The second-order valence-electron chi connectivity index (χ2n) is 6.11. The van der Waals surface area contributed by atoms with Crippen LogP contribution in [0.15, 0.2) is 60.7 Å². The first-order valence-corrected chi connectivity index (χ1v) is 7.94. The number of aryl methyl sites for hydroxylation is 1. The monoisotopic (exact) mass is 329 g/mol. The SMILES string of the molecule is Cc1ccc2[nH]c3ccc(C(=O)c4ccccc4C(=O)O)cc3c2c1. The van der Waals surface area contributed by atoms with Crippen LogP contribution in [0.2, 0.25) is 0 Å². The number of carbonyl (C=O) groups is 2. The van der Waals surface area contributed by atoms with E-state index < -0.39 is 5.97 Å². The van der Waals surface area contributed by atoms with E-state index in [4.69, 9.17) is 0 Å². The van der Waals surface area contributed by atoms with Gasteiger partial charge in [-0.2, -0.15) is 0 Å². The number of fused-ring (bicyclic) bond motifs is 3. The number of aromatic amines is 1. The van der Waals surface area contributed by atoms with Crippen LogP contribution in [-0.4, -0.2) is 21.8 Å². The third-order valence-electron chi connectivity index (χ3n) is 4.42. The summed E-state index contributed by atoms with van der Waals surface area (Å²) in [5.41, 5.74) is 3.79. The number of aromatic nitrogens is 1. The summed E-state index contributed by atoms with van der Waals surface area (Å²) in [5.74, 6) is -1.39. The predicted molar refractivity (Wildman–Crippen MR) is 97.4 cm³/mol. The van der Waals surface area contributed by atoms with E-state index in [1.807, 2.05) is 31.2 Å². The molecule has 25 heavy (non-hydrogen) atoms. The van der Waals surface area contributed by atoms with Crippen LogP contribution < -0.4 is 0 Å². The molecule has 0 aliphatic carbocycles. The molecule has 0 aliphatic heterocycles. The van der Waals surface area contributed by atoms with Crippen LogP contribution >= 0.6 is 0 Å². The number of nitrogens with one attached hydrogen (secondary N) is 1. The molecule has 4 aromatic rings. The molecule has 0 unspecified atom stereocenters. The van der Waals surface area contributed by atoms with Crippen molar-refractivity contribution in [3.63, 3.8) is 0 Å². The molecule has 4 heteroatoms. The number of benzene rings is 3. The maximum atomic E-state index is 12.9. The summed E-state index contributed by atoms with van der Waals surface area (Å²) in [6, 6.07) is 17.8. The highest BCUT2D eigenvalue weighted by molar-refractivity contribution is 6.17. The number of rotatable bonds is 3. The topological polar surface area (TPSA) is 70.2 Å². The number of hydrogen-bond acceptors (Lipinski definition) is 2. The van der Waals surface area contributed by atoms with Crippen molar-refractivity contribution < 1.29 is 14.7 Å². The van der Waals surface area contributed by atoms with Crippen molar-refractivity contribution in [1.82, 2.24) is 4.98 Å². The van der Waals surface area contributed by atoms with Gasteiger partial charge in [0.2, 0.25) is 0 Å². The molecule has 1 heterocycles. The van der Waals surface area contributed by atoms with Crippen LogP contribution in [0.4, 0.5) is 0 Å². The summed E-state index contributed by atoms with van der Waals surface area (Å²) in [7, 11) is 0. The van der Waals surface area contributed by atoms with Gasteiger partial charge in [0, 0.05) is 32.9 Å². The van der Waals surface area contributed by atoms with E-state index in [1.165, 1.54) is 6.07 Å². The van der Waals surface area contributed by atoms with Gasteiger partial charge in [0.1, 0.15) is 0 Å². The zero-order valence-corrected chi connectivity index (χ0v) is 13.5. The summed E-state index contributed by atoms with van der Waals surface area (Å²) in [5, 5.41) is 11.3. The van der Waals surface area contributed by atoms with Crippen LogP contribution in [0.3, 0.4) is 0 Å². The van der Waals surface area contributed by atoms with E-state index in [2.05, 4.69) is 11.1 Å². The lowest BCUT2D eigenvalue weighted by molar-refractivity contribution is 0.0693. The molecule has 0 saturated carbocycles. The number of hydrogen-bond donors (Lipinski definition) is 2. The molecule has 3 aromatic carbocycles. The van der Waals surface area contributed by atoms with Crippen LogP contribution in [0, 0.1) is 6.92 Å². The highest BCUT2D eigenvalue weighted by Crippen LogP contribution is 2.28. The molecule has 4 nitrogen and oxygen atoms in total. The molecular weight excluding hydrogens is 314 g/mol. The number of aromatic carboxylic acids is 1. The fraction of sp³-hybridized carbons (Fsp3) is 0.0476. The minimum Gasteiger partial charge on any atom is -0.478 e. The van der Waals surface area contributed by atoms with Gasteiger partial charge >= 0.3 is 5.97 Å². The lowest BCUT2D eigenvalue weighted by Crippen LogP contribution is -2.09. The number of carboxylic acids is 1. The average Bonchev–Trinajstić information content (AvgIpc) is 2.98. The van der Waals surface area contributed by atoms with Gasteiger partial charge in [-0.3, -0.25) is 4.79 Å². The van der Waals surface area contributed by atoms with Crippen molar-refractivity contribution in [3.05, 3.63) is 82.9 Å². The maximum Gasteiger partial charge on any atom is 0.336 e. The van der Waals surface area contributed by atoms with Crippen molar-refractivity contribution in [1.29, 1.82) is 0 Å². The lowest BCUT2D eigenvalue weighted by atomic mass is 9.97. The van der Waals surface area contributed by atoms with E-state index in [0.29, 0.717) is 5.56 Å². The van der Waals surface area contributed by atoms with Crippen molar-refractivity contribution in [2.24, 2.45) is 0 Å². The fourth-order valence-electron chi connectivity index (χ4n) is 3.18. The van der Waals surface area contributed by atoms with E-state index in [0.717, 1.165) is 27.4 Å². The Bertz CT molecular complexity index is 1150. The summed E-state index contributed by atoms with van der Waals surface area (Å²) < 4.78 is 0. The molecule has 0 bridgehead atoms. The van der Waals surface area contributed by atoms with Crippen LogP contribution in [0.25, 0.3) is 21.8 Å². The molecule has 0 spiro atoms. The molecular formula is C21H15NO3. The third-order valence-corrected chi connectivity index (χ3v) is 4.42. The number of ketones is 1. The number of carboxylic acid groups (broad SMARTS) is 1. The van der Waals surface area contributed by atoms with Crippen molar-refractivity contribution >= 4 is 33.6 Å². The standard InChI is InChI=1S/C21H15NO3/c1-12-6-8-18-16(10-12)17-11-13(7-9-19(17)22-18)20(23)14-4-2-3-5-15(14)21(24)25/h2-11,22H,1H3,(H,24,25). The van der Waals surface area contributed by atoms with Crippen LogP contribution in [0.1, 0.15) is 31.8 Å². The van der Waals surface area contributed by atoms with E-state index in [9.17, 15) is 14.7 Å². The van der Waals surface area contributed by atoms with Crippen molar-refractivity contribution in [2.75, 3.05) is 0 Å². The maximum absolute atomic E-state index is 12.9. The Morgan fingerprint density at radius 1 is 0.840 bits per heavy atom. The molecule has 2 N–H and O–H groups in total. The second-order valence-corrected chi connectivity index (χ2v) is 6.11. The Morgan fingerprint density at radius 2 is 1.48 bits per heavy atom. The summed E-state index contributed by atoms with van der Waals surface area (Å²) in [4.78, 5) is 27.6. The zero-order chi connectivity index (χ0) is 17.6. The first kappa shape index (κ1) is 15.1. The highest BCUT2D eigenvalue weighted by atomic mass is 16.4. The Morgan fingerprint density at radius 3 is 2.20 bits per heavy atom. The fourth-order valence-corrected chi connectivity index (χ4v) is 3.18. The molecule has 0 aliphatic rings. The van der Waals surface area contributed by atoms with E-state index in [1.54, 1.807) is 24.3 Å². The lowest BCUT2D eigenvalue weighted by Gasteiger charge is -2.05. The van der Waals surface area contributed by atoms with Crippen molar-refractivity contribution in [3.8, 4) is 0 Å². The molecule has 0 fully saturated rings. The van der Waals surface area contributed by atoms with Gasteiger partial charge in [-0.1, -0.05) is 29.8 Å². The normalized spacial score (nSPS) is 11.1. The summed E-state index contributed by atoms with van der Waals surface area (Å²) in [6.07, 6.45) is 0. The number of carbonyl (C=O) groups excluding carboxylic acids is 1. The minimum absolute atomic E-state index is 0.0161. The summed E-state index contributed by atoms with van der Waals surface area (Å²) >= 11 is 0. The van der Waals surface area contributed by atoms with Crippen molar-refractivity contribution in [2.45, 2.75) is 6.92 Å². The van der Waals surface area contributed by atoms with Gasteiger partial charge in [0.05, 0.1) is 5.56 Å². The third kappa shape index (κ3) is 2.48. The van der Waals surface area contributed by atoms with Gasteiger partial charge in [0.25, 0.3) is 0 Å². The van der Waals surface area contributed by atoms with E-state index in [-0.39, 0.29) is 16.9 Å². The Labute approximate surface area is 143 Å².